The van der Waals surface area contributed by atoms with Crippen molar-refractivity contribution in [2.75, 3.05) is 5.32 Å². The van der Waals surface area contributed by atoms with Crippen LogP contribution < -0.4 is 5.32 Å². The predicted octanol–water partition coefficient (Wildman–Crippen LogP) is 1.96. The molecule has 3 aromatic rings. The molecule has 1 aliphatic heterocycles. The second-order valence-corrected chi connectivity index (χ2v) is 5.38. The standard InChI is InChI=1S/C15H16N6/c1-10-17-15-7-6-11(9-21(15)20-10)18-14-8-16-12-4-2-3-5-13(12)19-14/h2-5,8,11H,6-7,9H2,1H3,(H,18,19)/t11-/m0/s1. The number of nitrogens with zero attached hydrogens (tertiary/aromatic N) is 5. The number of para-hydroxylation sites is 2. The quantitative estimate of drug-likeness (QED) is 0.777. The van der Waals surface area contributed by atoms with E-state index in [1.165, 1.54) is 0 Å². The summed E-state index contributed by atoms with van der Waals surface area (Å²) in [6.45, 7) is 2.76. The summed E-state index contributed by atoms with van der Waals surface area (Å²) in [4.78, 5) is 13.5. The fraction of sp³-hybridized carbons (Fsp3) is 0.333. The van der Waals surface area contributed by atoms with E-state index in [9.17, 15) is 0 Å². The molecule has 6 nitrogen and oxygen atoms in total. The molecule has 0 saturated carbocycles. The van der Waals surface area contributed by atoms with Crippen LogP contribution in [0.15, 0.2) is 30.5 Å². The van der Waals surface area contributed by atoms with Crippen molar-refractivity contribution in [2.45, 2.75) is 32.4 Å². The Labute approximate surface area is 122 Å². The van der Waals surface area contributed by atoms with Gasteiger partial charge in [0.25, 0.3) is 0 Å². The van der Waals surface area contributed by atoms with Gasteiger partial charge in [-0.1, -0.05) is 12.1 Å². The first-order valence-electron chi connectivity index (χ1n) is 7.16. The molecule has 1 atom stereocenters. The Kier molecular flexibility index (Phi) is 2.80. The van der Waals surface area contributed by atoms with E-state index in [0.717, 1.165) is 47.9 Å². The first-order chi connectivity index (χ1) is 10.3. The number of nitrogens with one attached hydrogen (secondary N) is 1. The van der Waals surface area contributed by atoms with Crippen molar-refractivity contribution in [1.29, 1.82) is 0 Å². The van der Waals surface area contributed by atoms with Crippen LogP contribution in [0.2, 0.25) is 0 Å². The number of rotatable bonds is 2. The summed E-state index contributed by atoms with van der Waals surface area (Å²) in [5, 5.41) is 7.88. The molecule has 0 saturated heterocycles. The molecule has 21 heavy (non-hydrogen) atoms. The van der Waals surface area contributed by atoms with E-state index in [0.29, 0.717) is 6.04 Å². The first-order valence-corrected chi connectivity index (χ1v) is 7.16. The van der Waals surface area contributed by atoms with Crippen LogP contribution in [-0.2, 0) is 13.0 Å². The Bertz CT molecular complexity index is 794. The number of anilines is 1. The van der Waals surface area contributed by atoms with Gasteiger partial charge in [-0.05, 0) is 25.5 Å². The van der Waals surface area contributed by atoms with Crippen LogP contribution in [0.4, 0.5) is 5.82 Å². The van der Waals surface area contributed by atoms with Gasteiger partial charge >= 0.3 is 0 Å². The van der Waals surface area contributed by atoms with Crippen molar-refractivity contribution < 1.29 is 0 Å². The average Bonchev–Trinajstić information content (AvgIpc) is 2.86. The Hall–Kier alpha value is -2.50. The van der Waals surface area contributed by atoms with Gasteiger partial charge in [0, 0.05) is 12.5 Å². The third-order valence-electron chi connectivity index (χ3n) is 3.76. The van der Waals surface area contributed by atoms with E-state index in [4.69, 9.17) is 0 Å². The number of aromatic nitrogens is 5. The third kappa shape index (κ3) is 2.33. The SMILES string of the molecule is Cc1nc2n(n1)C[C@@H](Nc1cnc3ccccc3n1)CC2. The van der Waals surface area contributed by atoms with Crippen molar-refractivity contribution in [3.05, 3.63) is 42.1 Å². The van der Waals surface area contributed by atoms with Crippen molar-refractivity contribution in [3.63, 3.8) is 0 Å². The summed E-state index contributed by atoms with van der Waals surface area (Å²) in [5.74, 6) is 2.74. The third-order valence-corrected chi connectivity index (χ3v) is 3.76. The van der Waals surface area contributed by atoms with Crippen LogP contribution in [0.25, 0.3) is 11.0 Å². The molecule has 106 valence electrons. The van der Waals surface area contributed by atoms with Crippen molar-refractivity contribution >= 4 is 16.9 Å². The van der Waals surface area contributed by atoms with Crippen molar-refractivity contribution in [3.8, 4) is 0 Å². The predicted molar refractivity (Wildman–Crippen MR) is 80.0 cm³/mol. The molecule has 0 aliphatic carbocycles. The number of hydrogen-bond donors (Lipinski definition) is 1. The normalized spacial score (nSPS) is 17.7. The minimum atomic E-state index is 0.314. The molecule has 3 heterocycles. The molecule has 0 spiro atoms. The van der Waals surface area contributed by atoms with Crippen LogP contribution in [0, 0.1) is 6.92 Å². The summed E-state index contributed by atoms with van der Waals surface area (Å²) >= 11 is 0. The summed E-state index contributed by atoms with van der Waals surface area (Å²) in [7, 11) is 0. The van der Waals surface area contributed by atoms with E-state index in [2.05, 4.69) is 25.4 Å². The molecule has 0 fully saturated rings. The molecule has 0 radical (unpaired) electrons. The van der Waals surface area contributed by atoms with Crippen LogP contribution >= 0.6 is 0 Å². The van der Waals surface area contributed by atoms with Crippen molar-refractivity contribution in [2.24, 2.45) is 0 Å². The van der Waals surface area contributed by atoms with Gasteiger partial charge in [0.15, 0.2) is 0 Å². The topological polar surface area (TPSA) is 68.5 Å². The molecular formula is C15H16N6. The second-order valence-electron chi connectivity index (χ2n) is 5.38. The van der Waals surface area contributed by atoms with Gasteiger partial charge in [0.05, 0.1) is 23.8 Å². The van der Waals surface area contributed by atoms with Crippen LogP contribution in [0.5, 0.6) is 0 Å². The van der Waals surface area contributed by atoms with E-state index in [1.807, 2.05) is 35.9 Å². The molecule has 0 bridgehead atoms. The lowest BCUT2D eigenvalue weighted by Crippen LogP contribution is -2.32. The minimum absolute atomic E-state index is 0.314. The molecular weight excluding hydrogens is 264 g/mol. The lowest BCUT2D eigenvalue weighted by atomic mass is 10.1. The monoisotopic (exact) mass is 280 g/mol. The second kappa shape index (κ2) is 4.80. The van der Waals surface area contributed by atoms with Crippen LogP contribution in [-0.4, -0.2) is 30.8 Å². The maximum absolute atomic E-state index is 4.61. The average molecular weight is 280 g/mol. The Morgan fingerprint density at radius 1 is 1.19 bits per heavy atom. The highest BCUT2D eigenvalue weighted by atomic mass is 15.4. The zero-order chi connectivity index (χ0) is 14.2. The fourth-order valence-corrected chi connectivity index (χ4v) is 2.79. The largest absolute Gasteiger partial charge is 0.364 e. The molecule has 4 rings (SSSR count). The van der Waals surface area contributed by atoms with Gasteiger partial charge in [-0.2, -0.15) is 5.10 Å². The van der Waals surface area contributed by atoms with Crippen LogP contribution in [0.3, 0.4) is 0 Å². The maximum atomic E-state index is 4.61. The first kappa shape index (κ1) is 12.3. The zero-order valence-corrected chi connectivity index (χ0v) is 11.8. The highest BCUT2D eigenvalue weighted by molar-refractivity contribution is 5.75. The van der Waals surface area contributed by atoms with Crippen LogP contribution in [0.1, 0.15) is 18.1 Å². The molecule has 0 amide bonds. The Morgan fingerprint density at radius 3 is 2.95 bits per heavy atom. The smallest absolute Gasteiger partial charge is 0.147 e. The Morgan fingerprint density at radius 2 is 2.05 bits per heavy atom. The molecule has 1 N–H and O–H groups in total. The maximum Gasteiger partial charge on any atom is 0.147 e. The fourth-order valence-electron chi connectivity index (χ4n) is 2.79. The lowest BCUT2D eigenvalue weighted by molar-refractivity contribution is 0.440. The van der Waals surface area contributed by atoms with E-state index in [-0.39, 0.29) is 0 Å². The van der Waals surface area contributed by atoms with E-state index >= 15 is 0 Å². The number of hydrogen-bond acceptors (Lipinski definition) is 5. The minimum Gasteiger partial charge on any atom is -0.364 e. The molecule has 1 aromatic carbocycles. The summed E-state index contributed by atoms with van der Waals surface area (Å²) in [5.41, 5.74) is 1.83. The van der Waals surface area contributed by atoms with Gasteiger partial charge < -0.3 is 5.32 Å². The number of fused-ring (bicyclic) bond motifs is 2. The van der Waals surface area contributed by atoms with Gasteiger partial charge in [0.2, 0.25) is 0 Å². The summed E-state index contributed by atoms with van der Waals surface area (Å²) in [6.07, 6.45) is 3.77. The lowest BCUT2D eigenvalue weighted by Gasteiger charge is -2.23. The molecule has 0 unspecified atom stereocenters. The summed E-state index contributed by atoms with van der Waals surface area (Å²) in [6, 6.07) is 8.21. The van der Waals surface area contributed by atoms with Gasteiger partial charge in [0.1, 0.15) is 17.5 Å². The molecule has 6 heteroatoms. The highest BCUT2D eigenvalue weighted by Crippen LogP contribution is 2.17. The van der Waals surface area contributed by atoms with Gasteiger partial charge in [-0.3, -0.25) is 4.98 Å². The van der Waals surface area contributed by atoms with E-state index < -0.39 is 0 Å². The zero-order valence-electron chi connectivity index (χ0n) is 11.8. The number of aryl methyl sites for hydroxylation is 2. The van der Waals surface area contributed by atoms with Gasteiger partial charge in [-0.25, -0.2) is 14.6 Å². The highest BCUT2D eigenvalue weighted by Gasteiger charge is 2.21. The molecule has 1 aliphatic rings. The number of benzene rings is 1. The van der Waals surface area contributed by atoms with Gasteiger partial charge in [-0.15, -0.1) is 0 Å². The van der Waals surface area contributed by atoms with Crippen molar-refractivity contribution in [1.82, 2.24) is 24.7 Å². The Balaban J connectivity index is 1.55. The molecule has 2 aromatic heterocycles. The summed E-state index contributed by atoms with van der Waals surface area (Å²) < 4.78 is 1.99. The van der Waals surface area contributed by atoms with E-state index in [1.54, 1.807) is 6.20 Å².